The SMILES string of the molecule is OCc1csc(-c2ccc(Br)cc2C(F)(F)F)n1. The third-order valence-electron chi connectivity index (χ3n) is 2.23. The Morgan fingerprint density at radius 1 is 1.33 bits per heavy atom. The highest BCUT2D eigenvalue weighted by Crippen LogP contribution is 2.39. The lowest BCUT2D eigenvalue weighted by molar-refractivity contribution is -0.137. The summed E-state index contributed by atoms with van der Waals surface area (Å²) in [5.41, 5.74) is -0.350. The summed E-state index contributed by atoms with van der Waals surface area (Å²) >= 11 is 4.10. The number of alkyl halides is 3. The molecule has 0 amide bonds. The van der Waals surface area contributed by atoms with Crippen LogP contribution in [0.4, 0.5) is 13.2 Å². The molecule has 0 saturated carbocycles. The second-order valence-electron chi connectivity index (χ2n) is 3.49. The van der Waals surface area contributed by atoms with Gasteiger partial charge < -0.3 is 5.11 Å². The van der Waals surface area contributed by atoms with Gasteiger partial charge in [0.15, 0.2) is 0 Å². The Morgan fingerprint density at radius 3 is 2.61 bits per heavy atom. The van der Waals surface area contributed by atoms with Gasteiger partial charge in [0.25, 0.3) is 0 Å². The van der Waals surface area contributed by atoms with Crippen LogP contribution in [0, 0.1) is 0 Å². The van der Waals surface area contributed by atoms with Crippen LogP contribution >= 0.6 is 27.3 Å². The van der Waals surface area contributed by atoms with E-state index in [1.54, 1.807) is 0 Å². The third kappa shape index (κ3) is 2.73. The third-order valence-corrected chi connectivity index (χ3v) is 3.65. The van der Waals surface area contributed by atoms with Crippen LogP contribution < -0.4 is 0 Å². The first kappa shape index (κ1) is 13.5. The minimum atomic E-state index is -4.44. The highest BCUT2D eigenvalue weighted by Gasteiger charge is 2.34. The number of rotatable bonds is 2. The molecule has 0 fully saturated rings. The number of halogens is 4. The van der Waals surface area contributed by atoms with Crippen LogP contribution in [0.3, 0.4) is 0 Å². The van der Waals surface area contributed by atoms with Crippen molar-refractivity contribution in [3.8, 4) is 10.6 Å². The van der Waals surface area contributed by atoms with E-state index in [0.29, 0.717) is 10.2 Å². The normalized spacial score (nSPS) is 11.8. The average Bonchev–Trinajstić information content (AvgIpc) is 2.76. The van der Waals surface area contributed by atoms with Crippen LogP contribution in [-0.2, 0) is 12.8 Å². The summed E-state index contributed by atoms with van der Waals surface area (Å²) in [6.45, 7) is -0.283. The molecule has 1 N–H and O–H groups in total. The molecule has 0 bridgehead atoms. The van der Waals surface area contributed by atoms with Crippen LogP contribution in [0.5, 0.6) is 0 Å². The van der Waals surface area contributed by atoms with E-state index in [-0.39, 0.29) is 17.2 Å². The lowest BCUT2D eigenvalue weighted by Crippen LogP contribution is -2.07. The Balaban J connectivity index is 2.56. The fourth-order valence-electron chi connectivity index (χ4n) is 1.44. The van der Waals surface area contributed by atoms with Gasteiger partial charge in [0.05, 0.1) is 17.9 Å². The maximum Gasteiger partial charge on any atom is 0.417 e. The van der Waals surface area contributed by atoms with E-state index in [1.165, 1.54) is 17.5 Å². The number of aliphatic hydroxyl groups excluding tert-OH is 1. The maximum absolute atomic E-state index is 12.9. The van der Waals surface area contributed by atoms with Crippen molar-refractivity contribution < 1.29 is 18.3 Å². The van der Waals surface area contributed by atoms with Gasteiger partial charge in [0.1, 0.15) is 5.01 Å². The van der Waals surface area contributed by atoms with Crippen LogP contribution in [0.15, 0.2) is 28.1 Å². The quantitative estimate of drug-likeness (QED) is 0.895. The van der Waals surface area contributed by atoms with Crippen molar-refractivity contribution in [1.29, 1.82) is 0 Å². The molecule has 2 nitrogen and oxygen atoms in total. The first-order valence-corrected chi connectivity index (χ1v) is 6.51. The van der Waals surface area contributed by atoms with E-state index < -0.39 is 11.7 Å². The summed E-state index contributed by atoms with van der Waals surface area (Å²) in [5.74, 6) is 0. The van der Waals surface area contributed by atoms with E-state index in [4.69, 9.17) is 5.11 Å². The summed E-state index contributed by atoms with van der Waals surface area (Å²) in [6.07, 6.45) is -4.44. The minimum Gasteiger partial charge on any atom is -0.390 e. The molecule has 0 aliphatic rings. The van der Waals surface area contributed by atoms with Crippen molar-refractivity contribution in [3.05, 3.63) is 39.3 Å². The summed E-state index contributed by atoms with van der Waals surface area (Å²) in [4.78, 5) is 3.96. The van der Waals surface area contributed by atoms with E-state index in [0.717, 1.165) is 17.4 Å². The summed E-state index contributed by atoms with van der Waals surface area (Å²) < 4.78 is 39.1. The number of aromatic nitrogens is 1. The molecule has 0 unspecified atom stereocenters. The van der Waals surface area contributed by atoms with Crippen molar-refractivity contribution in [3.63, 3.8) is 0 Å². The number of hydrogen-bond donors (Lipinski definition) is 1. The Morgan fingerprint density at radius 2 is 2.06 bits per heavy atom. The molecule has 1 heterocycles. The zero-order chi connectivity index (χ0) is 13.3. The lowest BCUT2D eigenvalue weighted by atomic mass is 10.1. The van der Waals surface area contributed by atoms with E-state index >= 15 is 0 Å². The average molecular weight is 338 g/mol. The summed E-state index contributed by atoms with van der Waals surface area (Å²) in [6, 6.07) is 3.92. The smallest absolute Gasteiger partial charge is 0.390 e. The molecule has 0 atom stereocenters. The first-order valence-electron chi connectivity index (χ1n) is 4.84. The molecule has 0 saturated heterocycles. The molecule has 1 aromatic heterocycles. The van der Waals surface area contributed by atoms with E-state index in [2.05, 4.69) is 20.9 Å². The molecule has 0 aliphatic heterocycles. The number of thiazole rings is 1. The Labute approximate surface area is 113 Å². The highest BCUT2D eigenvalue weighted by atomic mass is 79.9. The fourth-order valence-corrected chi connectivity index (χ4v) is 2.65. The topological polar surface area (TPSA) is 33.1 Å². The van der Waals surface area contributed by atoms with Gasteiger partial charge >= 0.3 is 6.18 Å². The van der Waals surface area contributed by atoms with Crippen LogP contribution in [0.1, 0.15) is 11.3 Å². The van der Waals surface area contributed by atoms with Gasteiger partial charge in [0, 0.05) is 15.4 Å². The lowest BCUT2D eigenvalue weighted by Gasteiger charge is -2.11. The van der Waals surface area contributed by atoms with Gasteiger partial charge in [-0.1, -0.05) is 22.0 Å². The van der Waals surface area contributed by atoms with Crippen LogP contribution in [-0.4, -0.2) is 10.1 Å². The molecular weight excluding hydrogens is 331 g/mol. The van der Waals surface area contributed by atoms with Crippen molar-refractivity contribution in [1.82, 2.24) is 4.98 Å². The first-order chi connectivity index (χ1) is 8.41. The molecule has 1 aromatic carbocycles. The Bertz CT molecular complexity index is 568. The van der Waals surface area contributed by atoms with Gasteiger partial charge in [0.2, 0.25) is 0 Å². The van der Waals surface area contributed by atoms with E-state index in [1.807, 2.05) is 0 Å². The van der Waals surface area contributed by atoms with Gasteiger partial charge in [-0.25, -0.2) is 4.98 Å². The zero-order valence-electron chi connectivity index (χ0n) is 8.83. The molecule has 0 radical (unpaired) electrons. The molecule has 2 rings (SSSR count). The minimum absolute atomic E-state index is 0.0235. The van der Waals surface area contributed by atoms with E-state index in [9.17, 15) is 13.2 Å². The van der Waals surface area contributed by atoms with Gasteiger partial charge in [-0.15, -0.1) is 11.3 Å². The van der Waals surface area contributed by atoms with Crippen LogP contribution in [0.2, 0.25) is 0 Å². The summed E-state index contributed by atoms with van der Waals surface area (Å²) in [5, 5.41) is 10.7. The second kappa shape index (κ2) is 4.99. The van der Waals surface area contributed by atoms with Gasteiger partial charge in [-0.2, -0.15) is 13.2 Å². The van der Waals surface area contributed by atoms with Crippen molar-refractivity contribution in [2.75, 3.05) is 0 Å². The number of hydrogen-bond acceptors (Lipinski definition) is 3. The molecule has 2 aromatic rings. The Kier molecular flexibility index (Phi) is 3.74. The predicted octanol–water partition coefficient (Wildman–Crippen LogP) is 4.08. The van der Waals surface area contributed by atoms with Gasteiger partial charge in [-0.05, 0) is 12.1 Å². The standard InChI is InChI=1S/C11H7BrF3NOS/c12-6-1-2-8(9(3-6)11(13,14)15)10-16-7(4-17)5-18-10/h1-3,5,17H,4H2. The number of nitrogens with zero attached hydrogens (tertiary/aromatic N) is 1. The van der Waals surface area contributed by atoms with Crippen LogP contribution in [0.25, 0.3) is 10.6 Å². The largest absolute Gasteiger partial charge is 0.417 e. The molecule has 0 spiro atoms. The molecule has 96 valence electrons. The molecular formula is C11H7BrF3NOS. The Hall–Kier alpha value is -0.920. The fraction of sp³-hybridized carbons (Fsp3) is 0.182. The molecule has 0 aliphatic carbocycles. The van der Waals surface area contributed by atoms with Crippen molar-refractivity contribution in [2.24, 2.45) is 0 Å². The zero-order valence-corrected chi connectivity index (χ0v) is 11.2. The van der Waals surface area contributed by atoms with Crippen molar-refractivity contribution >= 4 is 27.3 Å². The highest BCUT2D eigenvalue weighted by molar-refractivity contribution is 9.10. The number of aliphatic hydroxyl groups is 1. The molecule has 7 heteroatoms. The molecule has 18 heavy (non-hydrogen) atoms. The maximum atomic E-state index is 12.9. The second-order valence-corrected chi connectivity index (χ2v) is 5.26. The van der Waals surface area contributed by atoms with Crippen molar-refractivity contribution in [2.45, 2.75) is 12.8 Å². The monoisotopic (exact) mass is 337 g/mol. The number of benzene rings is 1. The predicted molar refractivity (Wildman–Crippen MR) is 66.2 cm³/mol. The van der Waals surface area contributed by atoms with Gasteiger partial charge in [-0.3, -0.25) is 0 Å². The summed E-state index contributed by atoms with van der Waals surface area (Å²) in [7, 11) is 0.